The largest absolute Gasteiger partial charge is 0.867 e. The number of nitro benzene ring substituents is 1. The number of anilines is 1. The van der Waals surface area contributed by atoms with Gasteiger partial charge in [-0.3, -0.25) is 10.1 Å². The molecule has 1 N–H and O–H groups in total. The third-order valence-corrected chi connectivity index (χ3v) is 4.14. The average Bonchev–Trinajstić information content (AvgIpc) is 2.70. The summed E-state index contributed by atoms with van der Waals surface area (Å²) in [4.78, 5) is 10.4. The zero-order chi connectivity index (χ0) is 20.1. The predicted octanol–water partition coefficient (Wildman–Crippen LogP) is 3.15. The minimum Gasteiger partial charge on any atom is -0.867 e. The van der Waals surface area contributed by atoms with Crippen LogP contribution in [0, 0.1) is 15.9 Å². The predicted molar refractivity (Wildman–Crippen MR) is 105 cm³/mol. The fraction of sp³-hybridized carbons (Fsp3) is 0. The second kappa shape index (κ2) is 8.36. The number of pyridine rings is 1. The molecule has 0 saturated heterocycles. The van der Waals surface area contributed by atoms with Gasteiger partial charge in [0.25, 0.3) is 5.69 Å². The van der Waals surface area contributed by atoms with E-state index in [2.05, 4.69) is 5.32 Å². The monoisotopic (exact) mass is 395 g/mol. The van der Waals surface area contributed by atoms with E-state index >= 15 is 0 Å². The minimum absolute atomic E-state index is 0.113. The second-order valence-electron chi connectivity index (χ2n) is 5.73. The Morgan fingerprint density at radius 1 is 1.00 bits per heavy atom. The molecule has 2 aromatic carbocycles. The average molecular weight is 395 g/mol. The molecule has 3 rings (SSSR count). The van der Waals surface area contributed by atoms with Crippen LogP contribution in [-0.2, 0) is 0 Å². The Labute approximate surface area is 165 Å². The number of thiocarbonyl (C=S) groups is 1. The van der Waals surface area contributed by atoms with Crippen molar-refractivity contribution in [2.75, 3.05) is 5.32 Å². The lowest BCUT2D eigenvalue weighted by Gasteiger charge is -2.16. The van der Waals surface area contributed by atoms with Crippen LogP contribution in [0.25, 0.3) is 11.5 Å². The van der Waals surface area contributed by atoms with Crippen LogP contribution >= 0.6 is 12.2 Å². The molecule has 28 heavy (non-hydrogen) atoms. The smallest absolute Gasteiger partial charge is 0.269 e. The van der Waals surface area contributed by atoms with Crippen LogP contribution in [-0.4, -0.2) is 9.91 Å². The zero-order valence-electron chi connectivity index (χ0n) is 14.4. The van der Waals surface area contributed by atoms with E-state index in [1.54, 1.807) is 35.2 Å². The van der Waals surface area contributed by atoms with Crippen molar-refractivity contribution in [1.82, 2.24) is 0 Å². The molecule has 3 aromatic rings. The van der Waals surface area contributed by atoms with Crippen molar-refractivity contribution in [2.24, 2.45) is 0 Å². The van der Waals surface area contributed by atoms with Crippen molar-refractivity contribution in [3.8, 4) is 0 Å². The number of aromatic nitrogens is 1. The van der Waals surface area contributed by atoms with Crippen molar-refractivity contribution in [1.29, 1.82) is 0 Å². The van der Waals surface area contributed by atoms with E-state index < -0.39 is 10.7 Å². The molecular formula is C20H14FN3O3S. The Kier molecular flexibility index (Phi) is 5.71. The van der Waals surface area contributed by atoms with E-state index in [9.17, 15) is 19.6 Å². The molecule has 140 valence electrons. The van der Waals surface area contributed by atoms with Gasteiger partial charge in [-0.05, 0) is 47.7 Å². The molecule has 0 unspecified atom stereocenters. The SMILES string of the molecule is O=[N+]([O-])c1ccc(C([O-])=C(C(=S)Nc2ccc(F)cc2)[n+]2ccccc2)cc1. The number of nitrogens with one attached hydrogen (secondary N) is 1. The highest BCUT2D eigenvalue weighted by atomic mass is 32.1. The number of halogens is 1. The van der Waals surface area contributed by atoms with Crippen molar-refractivity contribution in [2.45, 2.75) is 0 Å². The van der Waals surface area contributed by atoms with Gasteiger partial charge in [-0.1, -0.05) is 18.3 Å². The summed E-state index contributed by atoms with van der Waals surface area (Å²) in [6, 6.07) is 16.1. The van der Waals surface area contributed by atoms with Gasteiger partial charge in [-0.2, -0.15) is 4.57 Å². The van der Waals surface area contributed by atoms with Gasteiger partial charge in [0.05, 0.1) is 4.92 Å². The van der Waals surface area contributed by atoms with Crippen molar-refractivity contribution in [3.05, 3.63) is 101 Å². The fourth-order valence-electron chi connectivity index (χ4n) is 2.48. The summed E-state index contributed by atoms with van der Waals surface area (Å²) >= 11 is 5.42. The summed E-state index contributed by atoms with van der Waals surface area (Å²) < 4.78 is 14.7. The number of hydrogen-bond acceptors (Lipinski definition) is 4. The molecule has 0 aliphatic heterocycles. The van der Waals surface area contributed by atoms with E-state index in [1.807, 2.05) is 0 Å². The van der Waals surface area contributed by atoms with Gasteiger partial charge in [0.1, 0.15) is 5.82 Å². The molecule has 0 bridgehead atoms. The zero-order valence-corrected chi connectivity index (χ0v) is 15.2. The fourth-order valence-corrected chi connectivity index (χ4v) is 2.80. The topological polar surface area (TPSA) is 82.1 Å². The molecule has 0 radical (unpaired) electrons. The van der Waals surface area contributed by atoms with Gasteiger partial charge in [0.2, 0.25) is 5.70 Å². The normalized spacial score (nSPS) is 11.5. The summed E-state index contributed by atoms with van der Waals surface area (Å²) in [6.07, 6.45) is 3.33. The lowest BCUT2D eigenvalue weighted by atomic mass is 10.1. The Hall–Kier alpha value is -3.65. The highest BCUT2D eigenvalue weighted by molar-refractivity contribution is 7.81. The van der Waals surface area contributed by atoms with Gasteiger partial charge < -0.3 is 10.4 Å². The first-order valence-corrected chi connectivity index (χ1v) is 8.56. The number of hydrogen-bond donors (Lipinski definition) is 1. The van der Waals surface area contributed by atoms with Crippen molar-refractivity contribution < 1.29 is 19.0 Å². The molecule has 8 heteroatoms. The lowest BCUT2D eigenvalue weighted by Crippen LogP contribution is -2.39. The number of benzene rings is 2. The van der Waals surface area contributed by atoms with Crippen molar-refractivity contribution >= 4 is 40.0 Å². The molecule has 6 nitrogen and oxygen atoms in total. The summed E-state index contributed by atoms with van der Waals surface area (Å²) in [7, 11) is 0. The number of rotatable bonds is 5. The van der Waals surface area contributed by atoms with E-state index in [0.717, 1.165) is 0 Å². The maximum atomic E-state index is 13.1. The first-order valence-electron chi connectivity index (χ1n) is 8.15. The quantitative estimate of drug-likeness (QED) is 0.179. The summed E-state index contributed by atoms with van der Waals surface area (Å²) in [6.45, 7) is 0. The maximum Gasteiger partial charge on any atom is 0.269 e. The minimum atomic E-state index is -0.536. The van der Waals surface area contributed by atoms with Gasteiger partial charge in [0.15, 0.2) is 17.4 Å². The van der Waals surface area contributed by atoms with Crippen LogP contribution in [0.5, 0.6) is 0 Å². The summed E-state index contributed by atoms with van der Waals surface area (Å²) in [5, 5.41) is 26.8. The molecule has 1 aromatic heterocycles. The van der Waals surface area contributed by atoms with Crippen LogP contribution < -0.4 is 15.0 Å². The van der Waals surface area contributed by atoms with Gasteiger partial charge in [-0.25, -0.2) is 4.39 Å². The summed E-state index contributed by atoms with van der Waals surface area (Å²) in [5.41, 5.74) is 0.823. The number of non-ortho nitro benzene ring substituents is 1. The van der Waals surface area contributed by atoms with Crippen molar-refractivity contribution in [3.63, 3.8) is 0 Å². The van der Waals surface area contributed by atoms with Crippen LogP contribution in [0.15, 0.2) is 79.1 Å². The molecule has 0 saturated carbocycles. The molecule has 1 heterocycles. The number of nitrogens with zero attached hydrogens (tertiary/aromatic N) is 2. The first kappa shape index (κ1) is 19.1. The van der Waals surface area contributed by atoms with Gasteiger partial charge in [0, 0.05) is 30.0 Å². The third kappa shape index (κ3) is 4.36. The van der Waals surface area contributed by atoms with Crippen LogP contribution in [0.2, 0.25) is 0 Å². The second-order valence-corrected chi connectivity index (χ2v) is 6.13. The highest BCUT2D eigenvalue weighted by Gasteiger charge is 2.19. The highest BCUT2D eigenvalue weighted by Crippen LogP contribution is 2.20. The Morgan fingerprint density at radius 3 is 2.18 bits per heavy atom. The molecule has 0 fully saturated rings. The number of nitro groups is 1. The molecule has 0 amide bonds. The molecule has 0 spiro atoms. The third-order valence-electron chi connectivity index (χ3n) is 3.85. The Bertz CT molecular complexity index is 1040. The Balaban J connectivity index is 2.03. The van der Waals surface area contributed by atoms with Gasteiger partial charge in [-0.15, -0.1) is 0 Å². The first-order chi connectivity index (χ1) is 13.5. The van der Waals surface area contributed by atoms with Crippen LogP contribution in [0.3, 0.4) is 0 Å². The summed E-state index contributed by atoms with van der Waals surface area (Å²) in [5.74, 6) is -0.800. The van der Waals surface area contributed by atoms with Crippen LogP contribution in [0.4, 0.5) is 15.8 Å². The van der Waals surface area contributed by atoms with Gasteiger partial charge >= 0.3 is 0 Å². The van der Waals surface area contributed by atoms with Crippen LogP contribution in [0.1, 0.15) is 5.56 Å². The molecule has 0 aliphatic carbocycles. The van der Waals surface area contributed by atoms with E-state index in [-0.39, 0.29) is 27.8 Å². The lowest BCUT2D eigenvalue weighted by molar-refractivity contribution is -0.577. The molecular weight excluding hydrogens is 381 g/mol. The van der Waals surface area contributed by atoms with E-state index in [4.69, 9.17) is 12.2 Å². The van der Waals surface area contributed by atoms with E-state index in [1.165, 1.54) is 48.5 Å². The molecule has 0 atom stereocenters. The Morgan fingerprint density at radius 2 is 1.61 bits per heavy atom. The van der Waals surface area contributed by atoms with E-state index in [0.29, 0.717) is 5.69 Å². The molecule has 0 aliphatic rings. The standard InChI is InChI=1S/C20H14FN3O3S/c21-15-6-8-16(9-7-15)22-20(28)18(23-12-2-1-3-13-23)19(25)14-4-10-17(11-5-14)24(26)27/h1-13H,(H-,22,25,28). The maximum absolute atomic E-state index is 13.1.